The molecule has 106 valence electrons. The number of hydrogen-bond donors (Lipinski definition) is 1. The van der Waals surface area contributed by atoms with Crippen LogP contribution in [-0.2, 0) is 0 Å². The Labute approximate surface area is 119 Å². The van der Waals surface area contributed by atoms with Crippen LogP contribution in [0.5, 0.6) is 0 Å². The number of aliphatic hydroxyl groups is 1. The van der Waals surface area contributed by atoms with Crippen LogP contribution < -0.4 is 4.90 Å². The van der Waals surface area contributed by atoms with Gasteiger partial charge in [-0.15, -0.1) is 0 Å². The second-order valence-corrected chi connectivity index (χ2v) is 4.70. The average Bonchev–Trinajstić information content (AvgIpc) is 2.49. The monoisotopic (exact) mass is 273 g/mol. The van der Waals surface area contributed by atoms with E-state index in [1.807, 2.05) is 38.1 Å². The Kier molecular flexibility index (Phi) is 4.74. The zero-order valence-corrected chi connectivity index (χ0v) is 11.9. The number of anilines is 2. The van der Waals surface area contributed by atoms with Crippen LogP contribution in [0.3, 0.4) is 0 Å². The second kappa shape index (κ2) is 6.53. The minimum Gasteiger partial charge on any atom is -0.388 e. The molecule has 0 unspecified atom stereocenters. The fraction of sp³-hybridized carbons (Fsp3) is 0.294. The van der Waals surface area contributed by atoms with Gasteiger partial charge in [0.2, 0.25) is 0 Å². The highest BCUT2D eigenvalue weighted by Gasteiger charge is 2.15. The van der Waals surface area contributed by atoms with Gasteiger partial charge in [-0.2, -0.15) is 0 Å². The summed E-state index contributed by atoms with van der Waals surface area (Å²) in [5.74, 6) is -0.244. The molecule has 0 spiro atoms. The highest BCUT2D eigenvalue weighted by atomic mass is 19.1. The Balaban J connectivity index is 2.44. The van der Waals surface area contributed by atoms with Gasteiger partial charge in [-0.3, -0.25) is 0 Å². The van der Waals surface area contributed by atoms with E-state index in [2.05, 4.69) is 4.90 Å². The maximum absolute atomic E-state index is 13.1. The molecular formula is C17H20FNO. The first-order valence-corrected chi connectivity index (χ1v) is 6.97. The minimum atomic E-state index is -0.485. The average molecular weight is 273 g/mol. The number of benzene rings is 2. The highest BCUT2D eigenvalue weighted by Crippen LogP contribution is 2.32. The van der Waals surface area contributed by atoms with E-state index in [1.165, 1.54) is 12.1 Å². The Morgan fingerprint density at radius 1 is 1.05 bits per heavy atom. The Hall–Kier alpha value is -1.87. The maximum atomic E-state index is 13.1. The molecule has 2 aromatic carbocycles. The quantitative estimate of drug-likeness (QED) is 0.871. The Bertz CT molecular complexity index is 553. The van der Waals surface area contributed by atoms with E-state index in [1.54, 1.807) is 12.1 Å². The maximum Gasteiger partial charge on any atom is 0.123 e. The van der Waals surface area contributed by atoms with Gasteiger partial charge in [0, 0.05) is 23.5 Å². The molecule has 0 bridgehead atoms. The zero-order chi connectivity index (χ0) is 14.5. The summed E-state index contributed by atoms with van der Waals surface area (Å²) in [6, 6.07) is 14.2. The largest absolute Gasteiger partial charge is 0.388 e. The lowest BCUT2D eigenvalue weighted by atomic mass is 10.0. The third-order valence-electron chi connectivity index (χ3n) is 3.43. The summed E-state index contributed by atoms with van der Waals surface area (Å²) in [5, 5.41) is 10.2. The number of aliphatic hydroxyl groups excluding tert-OH is 1. The van der Waals surface area contributed by atoms with Crippen LogP contribution in [0, 0.1) is 5.82 Å². The number of nitrogens with zero attached hydrogens (tertiary/aromatic N) is 1. The number of para-hydroxylation sites is 1. The van der Waals surface area contributed by atoms with Gasteiger partial charge < -0.3 is 10.0 Å². The fourth-order valence-corrected chi connectivity index (χ4v) is 2.35. The summed E-state index contributed by atoms with van der Waals surface area (Å²) < 4.78 is 13.1. The molecule has 2 nitrogen and oxygen atoms in total. The molecule has 0 saturated heterocycles. The van der Waals surface area contributed by atoms with Gasteiger partial charge in [-0.25, -0.2) is 4.39 Å². The van der Waals surface area contributed by atoms with E-state index >= 15 is 0 Å². The van der Waals surface area contributed by atoms with Crippen molar-refractivity contribution in [2.75, 3.05) is 11.4 Å². The molecule has 0 aliphatic carbocycles. The van der Waals surface area contributed by atoms with Crippen LogP contribution in [0.25, 0.3) is 0 Å². The first-order chi connectivity index (χ1) is 9.67. The van der Waals surface area contributed by atoms with Crippen molar-refractivity contribution < 1.29 is 9.50 Å². The standard InChI is InChI=1S/C17H20FNO/c1-3-17(20)15-7-5-6-8-16(15)19(4-2)14-11-9-13(18)10-12-14/h5-12,17,20H,3-4H2,1-2H3/t17-/m0/s1. The van der Waals surface area contributed by atoms with Gasteiger partial charge in [0.25, 0.3) is 0 Å². The van der Waals surface area contributed by atoms with E-state index in [9.17, 15) is 9.50 Å². The van der Waals surface area contributed by atoms with Crippen molar-refractivity contribution in [2.45, 2.75) is 26.4 Å². The van der Waals surface area contributed by atoms with Gasteiger partial charge in [0.05, 0.1) is 6.10 Å². The molecule has 0 aliphatic heterocycles. The molecule has 0 heterocycles. The molecule has 0 fully saturated rings. The number of hydrogen-bond acceptors (Lipinski definition) is 2. The number of rotatable bonds is 5. The molecule has 0 saturated carbocycles. The van der Waals surface area contributed by atoms with Crippen LogP contribution in [0.4, 0.5) is 15.8 Å². The lowest BCUT2D eigenvalue weighted by molar-refractivity contribution is 0.174. The fourth-order valence-electron chi connectivity index (χ4n) is 2.35. The summed E-state index contributed by atoms with van der Waals surface area (Å²) in [4.78, 5) is 2.08. The van der Waals surface area contributed by atoms with Crippen LogP contribution in [0.2, 0.25) is 0 Å². The molecule has 1 atom stereocenters. The van der Waals surface area contributed by atoms with E-state index < -0.39 is 6.10 Å². The van der Waals surface area contributed by atoms with Crippen molar-refractivity contribution in [1.82, 2.24) is 0 Å². The van der Waals surface area contributed by atoms with Crippen molar-refractivity contribution in [3.63, 3.8) is 0 Å². The summed E-state index contributed by atoms with van der Waals surface area (Å²) in [7, 11) is 0. The van der Waals surface area contributed by atoms with E-state index in [4.69, 9.17) is 0 Å². The van der Waals surface area contributed by atoms with E-state index in [0.717, 1.165) is 23.5 Å². The van der Waals surface area contributed by atoms with Crippen molar-refractivity contribution >= 4 is 11.4 Å². The SMILES string of the molecule is CC[C@H](O)c1ccccc1N(CC)c1ccc(F)cc1. The van der Waals surface area contributed by atoms with Crippen molar-refractivity contribution in [3.05, 3.63) is 59.9 Å². The number of halogens is 1. The van der Waals surface area contributed by atoms with Crippen LogP contribution in [-0.4, -0.2) is 11.7 Å². The second-order valence-electron chi connectivity index (χ2n) is 4.70. The first kappa shape index (κ1) is 14.5. The summed E-state index contributed by atoms with van der Waals surface area (Å²) in [6.45, 7) is 4.74. The Morgan fingerprint density at radius 2 is 1.70 bits per heavy atom. The topological polar surface area (TPSA) is 23.5 Å². The van der Waals surface area contributed by atoms with E-state index in [0.29, 0.717) is 6.42 Å². The van der Waals surface area contributed by atoms with Gasteiger partial charge in [-0.05, 0) is 43.7 Å². The smallest absolute Gasteiger partial charge is 0.123 e. The van der Waals surface area contributed by atoms with Crippen molar-refractivity contribution in [2.24, 2.45) is 0 Å². The van der Waals surface area contributed by atoms with Crippen LogP contribution in [0.15, 0.2) is 48.5 Å². The minimum absolute atomic E-state index is 0.244. The summed E-state index contributed by atoms with van der Waals surface area (Å²) in [6.07, 6.45) is 0.179. The normalized spacial score (nSPS) is 12.2. The van der Waals surface area contributed by atoms with Gasteiger partial charge in [0.15, 0.2) is 0 Å². The van der Waals surface area contributed by atoms with Gasteiger partial charge >= 0.3 is 0 Å². The molecule has 0 amide bonds. The van der Waals surface area contributed by atoms with Gasteiger partial charge in [-0.1, -0.05) is 25.1 Å². The molecule has 0 aliphatic rings. The lowest BCUT2D eigenvalue weighted by Gasteiger charge is -2.27. The van der Waals surface area contributed by atoms with Crippen molar-refractivity contribution in [3.8, 4) is 0 Å². The molecule has 0 radical (unpaired) electrons. The molecular weight excluding hydrogens is 253 g/mol. The van der Waals surface area contributed by atoms with Crippen LogP contribution in [0.1, 0.15) is 31.9 Å². The molecule has 1 N–H and O–H groups in total. The third kappa shape index (κ3) is 2.99. The first-order valence-electron chi connectivity index (χ1n) is 6.97. The molecule has 2 rings (SSSR count). The highest BCUT2D eigenvalue weighted by molar-refractivity contribution is 5.66. The predicted molar refractivity (Wildman–Crippen MR) is 80.8 cm³/mol. The predicted octanol–water partition coefficient (Wildman–Crippen LogP) is 4.43. The van der Waals surface area contributed by atoms with E-state index in [-0.39, 0.29) is 5.82 Å². The zero-order valence-electron chi connectivity index (χ0n) is 11.9. The lowest BCUT2D eigenvalue weighted by Crippen LogP contribution is -2.18. The molecule has 3 heteroatoms. The van der Waals surface area contributed by atoms with Crippen molar-refractivity contribution in [1.29, 1.82) is 0 Å². The molecule has 2 aromatic rings. The summed E-state index contributed by atoms with van der Waals surface area (Å²) in [5.41, 5.74) is 2.79. The Morgan fingerprint density at radius 3 is 2.30 bits per heavy atom. The van der Waals surface area contributed by atoms with Crippen LogP contribution >= 0.6 is 0 Å². The third-order valence-corrected chi connectivity index (χ3v) is 3.43. The molecule has 20 heavy (non-hydrogen) atoms. The molecule has 0 aromatic heterocycles. The summed E-state index contributed by atoms with van der Waals surface area (Å²) >= 11 is 0. The van der Waals surface area contributed by atoms with Gasteiger partial charge in [0.1, 0.15) is 5.82 Å².